The molecule has 0 amide bonds. The molecule has 0 saturated carbocycles. The number of nitrogens with zero attached hydrogens (tertiary/aromatic N) is 2. The highest BCUT2D eigenvalue weighted by Crippen LogP contribution is 2.24. The first kappa shape index (κ1) is 16.0. The molecule has 0 atom stereocenters. The Hall–Kier alpha value is -2.88. The third kappa shape index (κ3) is 3.71. The molecule has 2 N–H and O–H groups in total. The summed E-state index contributed by atoms with van der Waals surface area (Å²) in [6.07, 6.45) is 0. The third-order valence-corrected chi connectivity index (χ3v) is 3.90. The van der Waals surface area contributed by atoms with Crippen LogP contribution in [0.15, 0.2) is 48.5 Å². The van der Waals surface area contributed by atoms with E-state index < -0.39 is 0 Å². The summed E-state index contributed by atoms with van der Waals surface area (Å²) in [4.78, 5) is 9.07. The van der Waals surface area contributed by atoms with E-state index in [1.807, 2.05) is 25.1 Å². The van der Waals surface area contributed by atoms with Crippen LogP contribution in [0.1, 0.15) is 22.4 Å². The first-order chi connectivity index (χ1) is 11.5. The van der Waals surface area contributed by atoms with Crippen LogP contribution in [0, 0.1) is 27.7 Å². The van der Waals surface area contributed by atoms with Gasteiger partial charge < -0.3 is 10.6 Å². The molecule has 1 heterocycles. The van der Waals surface area contributed by atoms with Gasteiger partial charge in [-0.15, -0.1) is 0 Å². The Bertz CT molecular complexity index is 834. The molecule has 1 aromatic heterocycles. The highest BCUT2D eigenvalue weighted by Gasteiger charge is 2.07. The second kappa shape index (κ2) is 6.71. The second-order valence-corrected chi connectivity index (χ2v) is 6.10. The van der Waals surface area contributed by atoms with E-state index in [0.717, 1.165) is 22.9 Å². The molecule has 0 radical (unpaired) electrons. The molecule has 0 spiro atoms. The van der Waals surface area contributed by atoms with E-state index in [-0.39, 0.29) is 0 Å². The predicted octanol–water partition coefficient (Wildman–Crippen LogP) is 5.20. The summed E-state index contributed by atoms with van der Waals surface area (Å²) in [5.74, 6) is 1.38. The zero-order chi connectivity index (χ0) is 17.1. The van der Waals surface area contributed by atoms with E-state index in [1.165, 1.54) is 16.7 Å². The summed E-state index contributed by atoms with van der Waals surface area (Å²) in [6, 6.07) is 16.4. The molecule has 0 bridgehead atoms. The van der Waals surface area contributed by atoms with Gasteiger partial charge in [0.1, 0.15) is 5.82 Å². The number of rotatable bonds is 4. The van der Waals surface area contributed by atoms with Gasteiger partial charge in [0.25, 0.3) is 0 Å². The van der Waals surface area contributed by atoms with Gasteiger partial charge in [-0.3, -0.25) is 0 Å². The van der Waals surface area contributed by atoms with Crippen molar-refractivity contribution in [3.63, 3.8) is 0 Å². The fraction of sp³-hybridized carbons (Fsp3) is 0.200. The van der Waals surface area contributed by atoms with E-state index in [9.17, 15) is 0 Å². The number of para-hydroxylation sites is 1. The number of aromatic nitrogens is 2. The quantitative estimate of drug-likeness (QED) is 0.694. The van der Waals surface area contributed by atoms with Gasteiger partial charge in [0.2, 0.25) is 5.95 Å². The van der Waals surface area contributed by atoms with Crippen molar-refractivity contribution >= 4 is 23.1 Å². The Morgan fingerprint density at radius 1 is 0.750 bits per heavy atom. The molecular weight excluding hydrogens is 296 g/mol. The highest BCUT2D eigenvalue weighted by atomic mass is 15.1. The zero-order valence-electron chi connectivity index (χ0n) is 14.5. The summed E-state index contributed by atoms with van der Waals surface area (Å²) >= 11 is 0. The molecule has 0 aliphatic carbocycles. The lowest BCUT2D eigenvalue weighted by Gasteiger charge is -2.13. The van der Waals surface area contributed by atoms with Gasteiger partial charge in [-0.25, -0.2) is 4.98 Å². The number of hydrogen-bond donors (Lipinski definition) is 2. The van der Waals surface area contributed by atoms with Crippen molar-refractivity contribution in [2.24, 2.45) is 0 Å². The fourth-order valence-electron chi connectivity index (χ4n) is 2.59. The lowest BCUT2D eigenvalue weighted by atomic mass is 10.1. The van der Waals surface area contributed by atoms with Crippen LogP contribution in [0.4, 0.5) is 23.1 Å². The van der Waals surface area contributed by atoms with Crippen LogP contribution in [0.25, 0.3) is 0 Å². The maximum atomic E-state index is 4.60. The minimum atomic E-state index is 0.590. The van der Waals surface area contributed by atoms with Gasteiger partial charge in [-0.05, 0) is 51.0 Å². The summed E-state index contributed by atoms with van der Waals surface area (Å²) in [5.41, 5.74) is 6.59. The average molecular weight is 318 g/mol. The monoisotopic (exact) mass is 318 g/mol. The number of nitrogens with one attached hydrogen (secondary N) is 2. The van der Waals surface area contributed by atoms with Crippen LogP contribution in [-0.2, 0) is 0 Å². The number of benzene rings is 2. The lowest BCUT2D eigenvalue weighted by Crippen LogP contribution is -2.03. The minimum Gasteiger partial charge on any atom is -0.340 e. The second-order valence-electron chi connectivity index (χ2n) is 6.10. The van der Waals surface area contributed by atoms with Gasteiger partial charge in [0.15, 0.2) is 0 Å². The number of hydrogen-bond acceptors (Lipinski definition) is 4. The Balaban J connectivity index is 1.87. The van der Waals surface area contributed by atoms with Crippen molar-refractivity contribution in [1.82, 2.24) is 9.97 Å². The molecular formula is C20H22N4. The van der Waals surface area contributed by atoms with Crippen molar-refractivity contribution in [2.75, 3.05) is 10.6 Å². The zero-order valence-corrected chi connectivity index (χ0v) is 14.5. The van der Waals surface area contributed by atoms with Crippen molar-refractivity contribution in [2.45, 2.75) is 27.7 Å². The topological polar surface area (TPSA) is 49.8 Å². The fourth-order valence-corrected chi connectivity index (χ4v) is 2.59. The Morgan fingerprint density at radius 3 is 2.08 bits per heavy atom. The Labute approximate surface area is 143 Å². The first-order valence-corrected chi connectivity index (χ1v) is 8.04. The van der Waals surface area contributed by atoms with Crippen LogP contribution in [-0.4, -0.2) is 9.97 Å². The molecule has 0 fully saturated rings. The first-order valence-electron chi connectivity index (χ1n) is 8.04. The van der Waals surface area contributed by atoms with Crippen molar-refractivity contribution < 1.29 is 0 Å². The molecule has 4 heteroatoms. The predicted molar refractivity (Wildman–Crippen MR) is 100 cm³/mol. The van der Waals surface area contributed by atoms with Crippen LogP contribution in [0.5, 0.6) is 0 Å². The molecule has 122 valence electrons. The van der Waals surface area contributed by atoms with Gasteiger partial charge in [-0.1, -0.05) is 35.9 Å². The Kier molecular flexibility index (Phi) is 4.47. The molecule has 2 aromatic carbocycles. The maximum Gasteiger partial charge on any atom is 0.229 e. The van der Waals surface area contributed by atoms with E-state index in [2.05, 4.69) is 71.7 Å². The van der Waals surface area contributed by atoms with Crippen molar-refractivity contribution in [3.05, 3.63) is 70.9 Å². The smallest absolute Gasteiger partial charge is 0.229 e. The molecule has 3 rings (SSSR count). The number of anilines is 4. The largest absolute Gasteiger partial charge is 0.340 e. The van der Waals surface area contributed by atoms with Crippen LogP contribution in [0.2, 0.25) is 0 Å². The van der Waals surface area contributed by atoms with Gasteiger partial charge >= 0.3 is 0 Å². The summed E-state index contributed by atoms with van der Waals surface area (Å²) < 4.78 is 0. The van der Waals surface area contributed by atoms with Crippen molar-refractivity contribution in [3.8, 4) is 0 Å². The molecule has 0 aliphatic rings. The minimum absolute atomic E-state index is 0.590. The maximum absolute atomic E-state index is 4.60. The third-order valence-electron chi connectivity index (χ3n) is 3.90. The standard InChI is InChI=1S/C20H22N4/c1-13-8-10-17(11-9-13)22-20-21-16(4)12-18(24-20)23-19-14(2)6-5-7-15(19)3/h5-12H,1-4H3,(H2,21,22,23,24). The van der Waals surface area contributed by atoms with E-state index in [4.69, 9.17) is 0 Å². The molecule has 0 unspecified atom stereocenters. The van der Waals surface area contributed by atoms with Crippen LogP contribution >= 0.6 is 0 Å². The molecule has 0 saturated heterocycles. The number of aryl methyl sites for hydroxylation is 4. The Morgan fingerprint density at radius 2 is 1.42 bits per heavy atom. The normalized spacial score (nSPS) is 10.5. The van der Waals surface area contributed by atoms with Crippen LogP contribution in [0.3, 0.4) is 0 Å². The molecule has 3 aromatic rings. The highest BCUT2D eigenvalue weighted by molar-refractivity contribution is 5.65. The average Bonchev–Trinajstić information content (AvgIpc) is 2.53. The molecule has 0 aliphatic heterocycles. The molecule has 4 nitrogen and oxygen atoms in total. The lowest BCUT2D eigenvalue weighted by molar-refractivity contribution is 1.10. The van der Waals surface area contributed by atoms with Crippen molar-refractivity contribution in [1.29, 1.82) is 0 Å². The van der Waals surface area contributed by atoms with E-state index in [0.29, 0.717) is 5.95 Å². The van der Waals surface area contributed by atoms with Gasteiger partial charge in [0, 0.05) is 23.1 Å². The van der Waals surface area contributed by atoms with E-state index >= 15 is 0 Å². The van der Waals surface area contributed by atoms with Crippen LogP contribution < -0.4 is 10.6 Å². The van der Waals surface area contributed by atoms with Gasteiger partial charge in [-0.2, -0.15) is 4.98 Å². The SMILES string of the molecule is Cc1ccc(Nc2nc(C)cc(Nc3c(C)cccc3C)n2)cc1. The molecule has 24 heavy (non-hydrogen) atoms. The summed E-state index contributed by atoms with van der Waals surface area (Å²) in [5, 5.41) is 6.69. The van der Waals surface area contributed by atoms with E-state index in [1.54, 1.807) is 0 Å². The summed E-state index contributed by atoms with van der Waals surface area (Å²) in [6.45, 7) is 8.22. The summed E-state index contributed by atoms with van der Waals surface area (Å²) in [7, 11) is 0. The van der Waals surface area contributed by atoms with Gasteiger partial charge in [0.05, 0.1) is 0 Å².